The normalized spacial score (nSPS) is 15.6. The van der Waals surface area contributed by atoms with Crippen LogP contribution in [0.4, 0.5) is 4.79 Å². The van der Waals surface area contributed by atoms with Crippen LogP contribution in [-0.4, -0.2) is 39.6 Å². The lowest BCUT2D eigenvalue weighted by Gasteiger charge is -2.23. The molecule has 102 valence electrons. The summed E-state index contributed by atoms with van der Waals surface area (Å²) in [6, 6.07) is 3.21. The fraction of sp³-hybridized carbons (Fsp3) is 0.462. The van der Waals surface area contributed by atoms with E-state index in [2.05, 4.69) is 10.3 Å². The van der Waals surface area contributed by atoms with Crippen LogP contribution in [0.25, 0.3) is 0 Å². The molecule has 0 aliphatic heterocycles. The second-order valence-corrected chi connectivity index (χ2v) is 4.71. The molecule has 6 heteroatoms. The van der Waals surface area contributed by atoms with E-state index in [1.807, 2.05) is 13.0 Å². The maximum atomic E-state index is 12.1. The van der Waals surface area contributed by atoms with E-state index in [1.54, 1.807) is 18.5 Å². The van der Waals surface area contributed by atoms with E-state index in [1.165, 1.54) is 4.90 Å². The van der Waals surface area contributed by atoms with Crippen molar-refractivity contribution in [3.8, 4) is 0 Å². The van der Waals surface area contributed by atoms with Gasteiger partial charge in [0.1, 0.15) is 6.54 Å². The molecule has 2 amide bonds. The number of amides is 2. The number of hydrogen-bond donors (Lipinski definition) is 2. The van der Waals surface area contributed by atoms with E-state index in [0.717, 1.165) is 18.4 Å². The van der Waals surface area contributed by atoms with Crippen molar-refractivity contribution in [1.82, 2.24) is 15.2 Å². The Balaban J connectivity index is 1.97. The maximum Gasteiger partial charge on any atom is 0.323 e. The van der Waals surface area contributed by atoms with Gasteiger partial charge in [-0.25, -0.2) is 4.79 Å². The zero-order valence-electron chi connectivity index (χ0n) is 10.7. The summed E-state index contributed by atoms with van der Waals surface area (Å²) in [5.41, 5.74) is 0.891. The molecule has 1 saturated carbocycles. The molecular formula is C13H17N3O3. The minimum atomic E-state index is -0.990. The van der Waals surface area contributed by atoms with Crippen LogP contribution in [0.3, 0.4) is 0 Å². The summed E-state index contributed by atoms with van der Waals surface area (Å²) in [5, 5.41) is 11.6. The number of pyridine rings is 1. The maximum absolute atomic E-state index is 12.1. The van der Waals surface area contributed by atoms with Crippen LogP contribution >= 0.6 is 0 Å². The zero-order chi connectivity index (χ0) is 13.8. The number of aliphatic carboxylic acids is 1. The van der Waals surface area contributed by atoms with Gasteiger partial charge in [-0.3, -0.25) is 9.78 Å². The summed E-state index contributed by atoms with van der Waals surface area (Å²) in [5.74, 6) is -0.990. The third kappa shape index (κ3) is 3.67. The van der Waals surface area contributed by atoms with Crippen molar-refractivity contribution in [2.75, 3.05) is 6.54 Å². The van der Waals surface area contributed by atoms with E-state index >= 15 is 0 Å². The molecule has 1 aromatic heterocycles. The molecule has 6 nitrogen and oxygen atoms in total. The van der Waals surface area contributed by atoms with Crippen LogP contribution in [0, 0.1) is 0 Å². The summed E-state index contributed by atoms with van der Waals surface area (Å²) in [4.78, 5) is 28.2. The van der Waals surface area contributed by atoms with Crippen molar-refractivity contribution < 1.29 is 14.7 Å². The van der Waals surface area contributed by atoms with Gasteiger partial charge in [0, 0.05) is 18.4 Å². The van der Waals surface area contributed by atoms with Crippen molar-refractivity contribution in [3.63, 3.8) is 0 Å². The molecule has 1 unspecified atom stereocenters. The molecule has 1 heterocycles. The molecular weight excluding hydrogens is 246 g/mol. The Hall–Kier alpha value is -2.11. The highest BCUT2D eigenvalue weighted by Crippen LogP contribution is 2.27. The van der Waals surface area contributed by atoms with Gasteiger partial charge < -0.3 is 15.3 Å². The van der Waals surface area contributed by atoms with Crippen molar-refractivity contribution in [2.45, 2.75) is 31.8 Å². The average molecular weight is 263 g/mol. The fourth-order valence-electron chi connectivity index (χ4n) is 1.88. The van der Waals surface area contributed by atoms with Crippen LogP contribution in [0.5, 0.6) is 0 Å². The standard InChI is InChI=1S/C13H17N3O3/c1-9(10-3-2-6-14-7-10)15-13(19)16(8-12(17)18)11-4-5-11/h2-3,6-7,9,11H,4-5,8H2,1H3,(H,15,19)(H,17,18). The molecule has 2 rings (SSSR count). The van der Waals surface area contributed by atoms with Crippen LogP contribution in [-0.2, 0) is 4.79 Å². The zero-order valence-corrected chi connectivity index (χ0v) is 10.7. The molecule has 1 aromatic rings. The van der Waals surface area contributed by atoms with E-state index in [4.69, 9.17) is 5.11 Å². The van der Waals surface area contributed by atoms with Crippen molar-refractivity contribution in [1.29, 1.82) is 0 Å². The third-order valence-electron chi connectivity index (χ3n) is 3.08. The lowest BCUT2D eigenvalue weighted by Crippen LogP contribution is -2.44. The van der Waals surface area contributed by atoms with Gasteiger partial charge in [0.2, 0.25) is 0 Å². The number of carbonyl (C=O) groups is 2. The van der Waals surface area contributed by atoms with E-state index in [9.17, 15) is 9.59 Å². The number of carboxylic acid groups (broad SMARTS) is 1. The van der Waals surface area contributed by atoms with Gasteiger partial charge in [-0.2, -0.15) is 0 Å². The molecule has 0 radical (unpaired) electrons. The van der Waals surface area contributed by atoms with Crippen LogP contribution in [0.2, 0.25) is 0 Å². The highest BCUT2D eigenvalue weighted by molar-refractivity contribution is 5.81. The summed E-state index contributed by atoms with van der Waals surface area (Å²) >= 11 is 0. The minimum Gasteiger partial charge on any atom is -0.480 e. The molecule has 1 fully saturated rings. The van der Waals surface area contributed by atoms with Crippen LogP contribution in [0.1, 0.15) is 31.4 Å². The SMILES string of the molecule is CC(NC(=O)N(CC(=O)O)C1CC1)c1cccnc1. The Morgan fingerprint density at radius 1 is 1.58 bits per heavy atom. The molecule has 0 aromatic carbocycles. The van der Waals surface area contributed by atoms with E-state index in [-0.39, 0.29) is 24.7 Å². The van der Waals surface area contributed by atoms with E-state index in [0.29, 0.717) is 0 Å². The predicted molar refractivity (Wildman–Crippen MR) is 68.5 cm³/mol. The van der Waals surface area contributed by atoms with E-state index < -0.39 is 5.97 Å². The Morgan fingerprint density at radius 3 is 2.84 bits per heavy atom. The summed E-state index contributed by atoms with van der Waals surface area (Å²) < 4.78 is 0. The number of rotatable bonds is 5. The molecule has 19 heavy (non-hydrogen) atoms. The topological polar surface area (TPSA) is 82.5 Å². The van der Waals surface area contributed by atoms with Crippen molar-refractivity contribution in [2.24, 2.45) is 0 Å². The van der Waals surface area contributed by atoms with Gasteiger partial charge in [-0.15, -0.1) is 0 Å². The fourth-order valence-corrected chi connectivity index (χ4v) is 1.88. The molecule has 0 saturated heterocycles. The van der Waals surface area contributed by atoms with Crippen molar-refractivity contribution in [3.05, 3.63) is 30.1 Å². The largest absolute Gasteiger partial charge is 0.480 e. The van der Waals surface area contributed by atoms with Gasteiger partial charge >= 0.3 is 12.0 Å². The first-order chi connectivity index (χ1) is 9.08. The molecule has 1 aliphatic carbocycles. The molecule has 1 aliphatic rings. The quantitative estimate of drug-likeness (QED) is 0.841. The van der Waals surface area contributed by atoms with Crippen LogP contribution < -0.4 is 5.32 Å². The number of carboxylic acids is 1. The molecule has 0 spiro atoms. The number of nitrogens with one attached hydrogen (secondary N) is 1. The first-order valence-electron chi connectivity index (χ1n) is 6.27. The number of urea groups is 1. The summed E-state index contributed by atoms with van der Waals surface area (Å²) in [6.07, 6.45) is 5.10. The summed E-state index contributed by atoms with van der Waals surface area (Å²) in [7, 11) is 0. The Kier molecular flexibility index (Phi) is 3.99. The number of hydrogen-bond acceptors (Lipinski definition) is 3. The average Bonchev–Trinajstić information content (AvgIpc) is 3.21. The smallest absolute Gasteiger partial charge is 0.323 e. The van der Waals surface area contributed by atoms with Gasteiger partial charge in [-0.1, -0.05) is 6.07 Å². The Bertz CT molecular complexity index is 459. The predicted octanol–water partition coefficient (Wildman–Crippen LogP) is 1.40. The first kappa shape index (κ1) is 13.3. The summed E-state index contributed by atoms with van der Waals surface area (Å²) in [6.45, 7) is 1.59. The second kappa shape index (κ2) is 5.69. The highest BCUT2D eigenvalue weighted by atomic mass is 16.4. The third-order valence-corrected chi connectivity index (χ3v) is 3.08. The van der Waals surface area contributed by atoms with Crippen molar-refractivity contribution >= 4 is 12.0 Å². The first-order valence-corrected chi connectivity index (χ1v) is 6.27. The number of nitrogens with zero attached hydrogens (tertiary/aromatic N) is 2. The van der Waals surface area contributed by atoms with Gasteiger partial charge in [0.25, 0.3) is 0 Å². The second-order valence-electron chi connectivity index (χ2n) is 4.71. The molecule has 1 atom stereocenters. The minimum absolute atomic E-state index is 0.0669. The molecule has 0 bridgehead atoms. The Morgan fingerprint density at radius 2 is 2.32 bits per heavy atom. The highest BCUT2D eigenvalue weighted by Gasteiger charge is 2.34. The lowest BCUT2D eigenvalue weighted by molar-refractivity contribution is -0.137. The van der Waals surface area contributed by atoms with Gasteiger partial charge in [0.15, 0.2) is 0 Å². The van der Waals surface area contributed by atoms with Gasteiger partial charge in [0.05, 0.1) is 6.04 Å². The number of aromatic nitrogens is 1. The lowest BCUT2D eigenvalue weighted by atomic mass is 10.1. The number of carbonyl (C=O) groups excluding carboxylic acids is 1. The molecule has 2 N–H and O–H groups in total. The van der Waals surface area contributed by atoms with Crippen LogP contribution in [0.15, 0.2) is 24.5 Å². The monoisotopic (exact) mass is 263 g/mol. The Labute approximate surface area is 111 Å². The van der Waals surface area contributed by atoms with Gasteiger partial charge in [-0.05, 0) is 31.4 Å².